The molecule has 0 bridgehead atoms. The Morgan fingerprint density at radius 3 is 1.10 bits per heavy atom. The second-order valence-corrected chi connectivity index (χ2v) is 20.6. The number of benzene rings is 3. The third-order valence-electron chi connectivity index (χ3n) is 6.39. The van der Waals surface area contributed by atoms with Crippen molar-refractivity contribution in [2.75, 3.05) is 36.2 Å². The SMILES string of the molecule is Nc1c(N=Nc2ccc(S(=O)(=O)CCOS(=O)(=O)[O-])cc2S(=O)(=O)[O-])cc(S(=O)(=O)[O-])c(N)c1N=Nc1ccc(S(=O)(=O)CCOS(=O)(=O)[O-])cc1S(=O)(=O)[O-].[Na+].[Na+].[Na+].[Na+].[Na+]. The van der Waals surface area contributed by atoms with Crippen LogP contribution in [-0.4, -0.2) is 106 Å². The Balaban J connectivity index is -0.00000673. The molecule has 0 saturated heterocycles. The van der Waals surface area contributed by atoms with E-state index in [1.165, 1.54) is 0 Å². The number of nitrogens with zero attached hydrogens (tertiary/aromatic N) is 4. The van der Waals surface area contributed by atoms with Crippen LogP contribution < -0.4 is 159 Å². The Kier molecular flexibility index (Phi) is 27.4. The van der Waals surface area contributed by atoms with Gasteiger partial charge in [0.05, 0.1) is 60.6 Å². The van der Waals surface area contributed by atoms with Crippen LogP contribution in [0.3, 0.4) is 0 Å². The summed E-state index contributed by atoms with van der Waals surface area (Å²) in [6.07, 6.45) is 0. The first-order valence-corrected chi connectivity index (χ1v) is 23.8. The van der Waals surface area contributed by atoms with Crippen LogP contribution in [0.5, 0.6) is 0 Å². The van der Waals surface area contributed by atoms with Crippen molar-refractivity contribution in [2.24, 2.45) is 20.5 Å². The first-order valence-electron chi connectivity index (χ1n) is 13.6. The van der Waals surface area contributed by atoms with E-state index in [1.807, 2.05) is 0 Å². The van der Waals surface area contributed by atoms with Gasteiger partial charge < -0.3 is 34.2 Å². The first kappa shape index (κ1) is 66.1. The second kappa shape index (κ2) is 25.3. The second-order valence-electron chi connectivity index (χ2n) is 10.2. The summed E-state index contributed by atoms with van der Waals surface area (Å²) in [6, 6.07) is 3.33. The molecule has 0 aromatic heterocycles. The smallest absolute Gasteiger partial charge is 0.744 e. The van der Waals surface area contributed by atoms with E-state index in [0.717, 1.165) is 0 Å². The topological polar surface area (TPSA) is 474 Å². The molecule has 0 aliphatic carbocycles. The van der Waals surface area contributed by atoms with Gasteiger partial charge in [-0.05, 0) is 42.5 Å². The fraction of sp³-hybridized carbons (Fsp3) is 0.182. The largest absolute Gasteiger partial charge is 1.00 e. The van der Waals surface area contributed by atoms with Crippen molar-refractivity contribution < 1.29 is 238 Å². The maximum Gasteiger partial charge on any atom is 1.00 e. The summed E-state index contributed by atoms with van der Waals surface area (Å²) in [5.41, 5.74) is 5.92. The number of nitrogen functional groups attached to an aromatic ring is 2. The minimum Gasteiger partial charge on any atom is -0.744 e. The molecule has 0 radical (unpaired) electrons. The van der Waals surface area contributed by atoms with Crippen LogP contribution >= 0.6 is 0 Å². The Morgan fingerprint density at radius 1 is 0.443 bits per heavy atom. The van der Waals surface area contributed by atoms with E-state index in [2.05, 4.69) is 28.8 Å². The molecule has 3 aromatic rings. The molecule has 39 heteroatoms. The monoisotopic (exact) mass is 1040 g/mol. The number of hydrogen-bond donors (Lipinski definition) is 2. The zero-order valence-corrected chi connectivity index (χ0v) is 47.5. The normalized spacial score (nSPS) is 12.7. The van der Waals surface area contributed by atoms with E-state index < -0.39 is 154 Å². The van der Waals surface area contributed by atoms with Gasteiger partial charge in [0.2, 0.25) is 20.8 Å². The van der Waals surface area contributed by atoms with Gasteiger partial charge in [-0.3, -0.25) is 8.37 Å². The minimum atomic E-state index is -5.65. The molecule has 0 atom stereocenters. The Bertz CT molecular complexity index is 2960. The standard InChI is InChI=1S/C22H24N6O21S7.5Na/c23-20-16(27-25-14-3-1-12(9-17(14)52(33,34)35)50(29,30)7-5-48-55(42,43)44)11-19(54(39,40)41)21(24)22(20)28-26-15-4-2-13(10-18(15)53(36,37)38)51(31,32)8-6-49-56(45,46)47;;;;;/h1-4,9-11H,5-8,23-24H2,(H,33,34,35)(H,36,37,38)(H,39,40,41)(H,42,43,44)(H,45,46,47);;;;;/q;5*+1/p-5. The minimum absolute atomic E-state index is 0. The Morgan fingerprint density at radius 2 is 0.770 bits per heavy atom. The zero-order chi connectivity index (χ0) is 42.9. The van der Waals surface area contributed by atoms with Crippen LogP contribution in [0, 0.1) is 0 Å². The maximum atomic E-state index is 12.5. The Labute approximate surface area is 459 Å². The van der Waals surface area contributed by atoms with Gasteiger partial charge >= 0.3 is 148 Å². The summed E-state index contributed by atoms with van der Waals surface area (Å²) in [7, 11) is -36.8. The molecule has 0 amide bonds. The summed E-state index contributed by atoms with van der Waals surface area (Å²) >= 11 is 0. The van der Waals surface area contributed by atoms with Crippen LogP contribution in [0.15, 0.2) is 87.4 Å². The van der Waals surface area contributed by atoms with E-state index in [0.29, 0.717) is 30.3 Å². The quantitative estimate of drug-likeness (QED) is 0.0417. The molecule has 0 spiro atoms. The molecule has 27 nitrogen and oxygen atoms in total. The molecule has 0 aliphatic rings. The van der Waals surface area contributed by atoms with Gasteiger partial charge in [0, 0.05) is 0 Å². The molecule has 0 heterocycles. The van der Waals surface area contributed by atoms with Crippen LogP contribution in [0.25, 0.3) is 0 Å². The number of azo groups is 2. The summed E-state index contributed by atoms with van der Waals surface area (Å²) in [4.78, 5) is -5.97. The predicted molar refractivity (Wildman–Crippen MR) is 176 cm³/mol. The molecular weight excluding hydrogens is 1020 g/mol. The van der Waals surface area contributed by atoms with Crippen molar-refractivity contribution >= 4 is 105 Å². The molecule has 3 rings (SSSR count). The fourth-order valence-electron chi connectivity index (χ4n) is 3.94. The van der Waals surface area contributed by atoms with Gasteiger partial charge in [0.25, 0.3) is 0 Å². The molecule has 0 unspecified atom stereocenters. The van der Waals surface area contributed by atoms with Crippen LogP contribution in [0.1, 0.15) is 0 Å². The van der Waals surface area contributed by atoms with E-state index in [9.17, 15) is 81.7 Å². The zero-order valence-electron chi connectivity index (χ0n) is 31.7. The van der Waals surface area contributed by atoms with Gasteiger partial charge in [-0.15, -0.1) is 20.5 Å². The van der Waals surface area contributed by atoms with Gasteiger partial charge in [-0.25, -0.2) is 58.9 Å². The van der Waals surface area contributed by atoms with Gasteiger partial charge in [0.15, 0.2) is 19.7 Å². The number of nitrogens with two attached hydrogens (primary N) is 2. The Hall–Kier alpha value is 0.830. The fourth-order valence-corrected chi connectivity index (χ4v) is 8.99. The average Bonchev–Trinajstić information content (AvgIpc) is 3.01. The van der Waals surface area contributed by atoms with Crippen LogP contribution in [0.4, 0.5) is 34.1 Å². The van der Waals surface area contributed by atoms with Crippen LogP contribution in [-0.2, 0) is 79.2 Å². The summed E-state index contributed by atoms with van der Waals surface area (Å²) < 4.78 is 229. The van der Waals surface area contributed by atoms with E-state index in [1.54, 1.807) is 0 Å². The van der Waals surface area contributed by atoms with Gasteiger partial charge in [0.1, 0.15) is 53.1 Å². The van der Waals surface area contributed by atoms with Crippen molar-refractivity contribution in [1.29, 1.82) is 0 Å². The average molecular weight is 1040 g/mol. The van der Waals surface area contributed by atoms with Crippen molar-refractivity contribution in [3.05, 3.63) is 42.5 Å². The van der Waals surface area contributed by atoms with Crippen molar-refractivity contribution in [1.82, 2.24) is 0 Å². The molecule has 61 heavy (non-hydrogen) atoms. The molecule has 0 saturated carbocycles. The third-order valence-corrected chi connectivity index (χ3v) is 13.3. The molecule has 0 aliphatic heterocycles. The van der Waals surface area contributed by atoms with Crippen LogP contribution in [0.2, 0.25) is 0 Å². The van der Waals surface area contributed by atoms with Crippen molar-refractivity contribution in [2.45, 2.75) is 24.5 Å². The van der Waals surface area contributed by atoms with E-state index in [4.69, 9.17) is 11.5 Å². The van der Waals surface area contributed by atoms with E-state index >= 15 is 0 Å². The van der Waals surface area contributed by atoms with Gasteiger partial charge in [-0.2, -0.15) is 0 Å². The third kappa shape index (κ3) is 19.9. The molecule has 0 fully saturated rings. The molecular formula is C22H19N6Na5O21S7. The number of anilines is 2. The molecule has 3 aromatic carbocycles. The first-order chi connectivity index (χ1) is 25.2. The molecule has 310 valence electrons. The van der Waals surface area contributed by atoms with E-state index in [-0.39, 0.29) is 160 Å². The van der Waals surface area contributed by atoms with Crippen molar-refractivity contribution in [3.8, 4) is 0 Å². The summed E-state index contributed by atoms with van der Waals surface area (Å²) in [5.74, 6) is -2.40. The number of sulfone groups is 2. The summed E-state index contributed by atoms with van der Waals surface area (Å²) in [5, 5.41) is 13.8. The summed E-state index contributed by atoms with van der Waals surface area (Å²) in [6.45, 7) is -2.41. The van der Waals surface area contributed by atoms with Gasteiger partial charge in [-0.1, -0.05) is 0 Å². The number of hydrogen-bond acceptors (Lipinski definition) is 27. The molecule has 4 N–H and O–H groups in total. The van der Waals surface area contributed by atoms with Crippen molar-refractivity contribution in [3.63, 3.8) is 0 Å². The predicted octanol–water partition coefficient (Wildman–Crippen LogP) is -16.1. The number of rotatable bonds is 17. The maximum absolute atomic E-state index is 12.5.